The van der Waals surface area contributed by atoms with Crippen molar-refractivity contribution in [2.75, 3.05) is 7.11 Å². The smallest absolute Gasteiger partial charge is 0.332 e. The van der Waals surface area contributed by atoms with E-state index >= 15 is 0 Å². The monoisotopic (exact) mass is 305 g/mol. The number of hydrogen-bond acceptors (Lipinski definition) is 4. The van der Waals surface area contributed by atoms with Crippen LogP contribution in [0.2, 0.25) is 5.02 Å². The van der Waals surface area contributed by atoms with Crippen molar-refractivity contribution in [2.24, 2.45) is 14.1 Å². The molecule has 3 rings (SSSR count). The molecule has 0 N–H and O–H groups in total. The van der Waals surface area contributed by atoms with Crippen LogP contribution in [-0.2, 0) is 14.1 Å². The number of pyridine rings is 1. The molecule has 0 aliphatic heterocycles. The predicted molar refractivity (Wildman–Crippen MR) is 81.3 cm³/mol. The van der Waals surface area contributed by atoms with Crippen LogP contribution in [0.1, 0.15) is 0 Å². The largest absolute Gasteiger partial charge is 0.497 e. The number of aryl methyl sites for hydroxylation is 1. The Labute approximate surface area is 124 Å². The summed E-state index contributed by atoms with van der Waals surface area (Å²) >= 11 is 6.38. The van der Waals surface area contributed by atoms with Gasteiger partial charge in [0.2, 0.25) is 0 Å². The number of nitrogens with zero attached hydrogens (tertiary/aromatic N) is 3. The number of methoxy groups -OCH3 is 1. The molecule has 0 bridgehead atoms. The zero-order valence-electron chi connectivity index (χ0n) is 11.7. The standard InChI is InChI=1S/C14H12ClN3O3/c1-17-12-10(13(19)18(2)14(17)20)11(15)8-6-7(21-3)4-5-9(8)16-12/h4-6H,1-3H3. The van der Waals surface area contributed by atoms with E-state index in [-0.39, 0.29) is 16.1 Å². The van der Waals surface area contributed by atoms with Crippen molar-refractivity contribution in [3.8, 4) is 5.75 Å². The van der Waals surface area contributed by atoms with Crippen LogP contribution in [0, 0.1) is 0 Å². The lowest BCUT2D eigenvalue weighted by Gasteiger charge is -2.10. The Morgan fingerprint density at radius 2 is 1.90 bits per heavy atom. The minimum absolute atomic E-state index is 0.224. The van der Waals surface area contributed by atoms with Crippen LogP contribution in [-0.4, -0.2) is 21.2 Å². The van der Waals surface area contributed by atoms with Gasteiger partial charge >= 0.3 is 5.69 Å². The van der Waals surface area contributed by atoms with Crippen LogP contribution >= 0.6 is 11.6 Å². The number of aromatic nitrogens is 3. The fraction of sp³-hybridized carbons (Fsp3) is 0.214. The molecule has 2 heterocycles. The van der Waals surface area contributed by atoms with Crippen LogP contribution in [0.15, 0.2) is 27.8 Å². The SMILES string of the molecule is COc1ccc2nc3c(c(Cl)c2c1)c(=O)n(C)c(=O)n3C. The highest BCUT2D eigenvalue weighted by molar-refractivity contribution is 6.40. The molecule has 0 atom stereocenters. The molecule has 7 heteroatoms. The van der Waals surface area contributed by atoms with Gasteiger partial charge in [0, 0.05) is 19.5 Å². The highest BCUT2D eigenvalue weighted by atomic mass is 35.5. The minimum Gasteiger partial charge on any atom is -0.497 e. The minimum atomic E-state index is -0.463. The quantitative estimate of drug-likeness (QED) is 0.638. The van der Waals surface area contributed by atoms with Crippen molar-refractivity contribution in [3.63, 3.8) is 0 Å². The van der Waals surface area contributed by atoms with Gasteiger partial charge in [-0.3, -0.25) is 13.9 Å². The second-order valence-corrected chi connectivity index (χ2v) is 5.09. The second kappa shape index (κ2) is 4.60. The average molecular weight is 306 g/mol. The maximum absolute atomic E-state index is 12.3. The summed E-state index contributed by atoms with van der Waals surface area (Å²) in [6, 6.07) is 5.20. The van der Waals surface area contributed by atoms with Gasteiger partial charge in [0.15, 0.2) is 5.65 Å². The van der Waals surface area contributed by atoms with Gasteiger partial charge in [-0.05, 0) is 18.2 Å². The Morgan fingerprint density at radius 3 is 2.57 bits per heavy atom. The Hall–Kier alpha value is -2.34. The van der Waals surface area contributed by atoms with Gasteiger partial charge in [-0.1, -0.05) is 11.6 Å². The Morgan fingerprint density at radius 1 is 1.19 bits per heavy atom. The van der Waals surface area contributed by atoms with Gasteiger partial charge < -0.3 is 4.74 Å². The molecular formula is C14H12ClN3O3. The number of fused-ring (bicyclic) bond motifs is 2. The first-order valence-electron chi connectivity index (χ1n) is 6.18. The maximum Gasteiger partial charge on any atom is 0.332 e. The molecule has 0 aliphatic carbocycles. The third-order valence-electron chi connectivity index (χ3n) is 3.52. The van der Waals surface area contributed by atoms with E-state index < -0.39 is 11.2 Å². The van der Waals surface area contributed by atoms with Gasteiger partial charge in [0.05, 0.1) is 17.6 Å². The van der Waals surface area contributed by atoms with Crippen molar-refractivity contribution >= 4 is 33.5 Å². The molecule has 0 unspecified atom stereocenters. The van der Waals surface area contributed by atoms with Crippen LogP contribution in [0.25, 0.3) is 21.9 Å². The van der Waals surface area contributed by atoms with Crippen LogP contribution in [0.5, 0.6) is 5.75 Å². The predicted octanol–water partition coefficient (Wildman–Crippen LogP) is 1.45. The molecule has 6 nitrogen and oxygen atoms in total. The summed E-state index contributed by atoms with van der Waals surface area (Å²) in [5.41, 5.74) is -0.0402. The fourth-order valence-corrected chi connectivity index (χ4v) is 2.64. The lowest BCUT2D eigenvalue weighted by atomic mass is 10.1. The number of benzene rings is 1. The summed E-state index contributed by atoms with van der Waals surface area (Å²) in [6.45, 7) is 0. The summed E-state index contributed by atoms with van der Waals surface area (Å²) in [5.74, 6) is 0.618. The van der Waals surface area contributed by atoms with Crippen molar-refractivity contribution in [2.45, 2.75) is 0 Å². The van der Waals surface area contributed by atoms with Gasteiger partial charge in [0.1, 0.15) is 11.1 Å². The van der Waals surface area contributed by atoms with E-state index in [9.17, 15) is 9.59 Å². The van der Waals surface area contributed by atoms with E-state index in [0.29, 0.717) is 16.7 Å². The van der Waals surface area contributed by atoms with Gasteiger partial charge in [-0.15, -0.1) is 0 Å². The van der Waals surface area contributed by atoms with Crippen LogP contribution in [0.4, 0.5) is 0 Å². The van der Waals surface area contributed by atoms with Crippen molar-refractivity contribution < 1.29 is 4.74 Å². The third-order valence-corrected chi connectivity index (χ3v) is 3.91. The maximum atomic E-state index is 12.3. The molecule has 0 spiro atoms. The molecule has 0 saturated carbocycles. The second-order valence-electron chi connectivity index (χ2n) is 4.71. The normalized spacial score (nSPS) is 11.2. The average Bonchev–Trinajstić information content (AvgIpc) is 2.50. The van der Waals surface area contributed by atoms with E-state index in [2.05, 4.69) is 4.98 Å². The highest BCUT2D eigenvalue weighted by Gasteiger charge is 2.16. The number of ether oxygens (including phenoxy) is 1. The molecule has 21 heavy (non-hydrogen) atoms. The molecule has 3 aromatic rings. The Kier molecular flexibility index (Phi) is 2.98. The first-order chi connectivity index (χ1) is 9.95. The molecule has 108 valence electrons. The Balaban J connectivity index is 2.63. The lowest BCUT2D eigenvalue weighted by Crippen LogP contribution is -2.37. The molecule has 0 radical (unpaired) electrons. The summed E-state index contributed by atoms with van der Waals surface area (Å²) in [7, 11) is 4.52. The fourth-order valence-electron chi connectivity index (χ4n) is 2.32. The molecule has 0 saturated heterocycles. The summed E-state index contributed by atoms with van der Waals surface area (Å²) in [5, 5.41) is 1.10. The summed E-state index contributed by atoms with van der Waals surface area (Å²) in [6.07, 6.45) is 0. The van der Waals surface area contributed by atoms with E-state index in [1.54, 1.807) is 32.4 Å². The van der Waals surface area contributed by atoms with Crippen LogP contribution in [0.3, 0.4) is 0 Å². The van der Waals surface area contributed by atoms with Crippen molar-refractivity contribution in [1.29, 1.82) is 0 Å². The van der Waals surface area contributed by atoms with E-state index in [1.807, 2.05) is 0 Å². The Bertz CT molecular complexity index is 1000. The number of halogens is 1. The van der Waals surface area contributed by atoms with Crippen LogP contribution < -0.4 is 16.0 Å². The third kappa shape index (κ3) is 1.83. The van der Waals surface area contributed by atoms with Gasteiger partial charge in [0.25, 0.3) is 5.56 Å². The lowest BCUT2D eigenvalue weighted by molar-refractivity contribution is 0.415. The molecular weight excluding hydrogens is 294 g/mol. The molecule has 2 aromatic heterocycles. The molecule has 0 fully saturated rings. The zero-order chi connectivity index (χ0) is 15.3. The number of rotatable bonds is 1. The molecule has 1 aromatic carbocycles. The van der Waals surface area contributed by atoms with Gasteiger partial charge in [-0.25, -0.2) is 9.78 Å². The zero-order valence-corrected chi connectivity index (χ0v) is 12.4. The highest BCUT2D eigenvalue weighted by Crippen LogP contribution is 2.30. The van der Waals surface area contributed by atoms with E-state index in [4.69, 9.17) is 16.3 Å². The van der Waals surface area contributed by atoms with Gasteiger partial charge in [-0.2, -0.15) is 0 Å². The first kappa shape index (κ1) is 13.6. The summed E-state index contributed by atoms with van der Waals surface area (Å²) in [4.78, 5) is 28.7. The van der Waals surface area contributed by atoms with E-state index in [1.165, 1.54) is 11.6 Å². The molecule has 0 aliphatic rings. The van der Waals surface area contributed by atoms with Crippen molar-refractivity contribution in [3.05, 3.63) is 44.1 Å². The topological polar surface area (TPSA) is 66.1 Å². The first-order valence-corrected chi connectivity index (χ1v) is 6.56. The molecule has 0 amide bonds. The van der Waals surface area contributed by atoms with Crippen molar-refractivity contribution in [1.82, 2.24) is 14.1 Å². The summed E-state index contributed by atoms with van der Waals surface area (Å²) < 4.78 is 7.49. The van der Waals surface area contributed by atoms with E-state index in [0.717, 1.165) is 4.57 Å². The number of hydrogen-bond donors (Lipinski definition) is 0.